The fourth-order valence-electron chi connectivity index (χ4n) is 2.92. The number of urea groups is 1. The number of rotatable bonds is 6. The molecule has 0 saturated carbocycles. The Morgan fingerprint density at radius 2 is 2.04 bits per heavy atom. The van der Waals surface area contributed by atoms with Gasteiger partial charge in [0.1, 0.15) is 0 Å². The number of nitrogens with one attached hydrogen (secondary N) is 2. The van der Waals surface area contributed by atoms with Gasteiger partial charge in [-0.15, -0.1) is 6.58 Å². The number of benzene rings is 2. The average molecular weight is 335 g/mol. The monoisotopic (exact) mass is 335 g/mol. The van der Waals surface area contributed by atoms with Crippen molar-refractivity contribution in [2.45, 2.75) is 12.3 Å². The molecule has 5 heteroatoms. The Labute approximate surface area is 147 Å². The van der Waals surface area contributed by atoms with Crippen molar-refractivity contribution in [1.82, 2.24) is 5.32 Å². The zero-order valence-corrected chi connectivity index (χ0v) is 13.9. The minimum atomic E-state index is -0.112. The maximum absolute atomic E-state index is 12.4. The van der Waals surface area contributed by atoms with Crippen LogP contribution in [0.3, 0.4) is 0 Å². The van der Waals surface area contributed by atoms with Gasteiger partial charge >= 0.3 is 6.03 Å². The Morgan fingerprint density at radius 1 is 1.24 bits per heavy atom. The molecule has 0 unspecified atom stereocenters. The summed E-state index contributed by atoms with van der Waals surface area (Å²) in [5, 5.41) is 5.68. The van der Waals surface area contributed by atoms with E-state index in [1.807, 2.05) is 54.6 Å². The third kappa shape index (κ3) is 4.07. The van der Waals surface area contributed by atoms with Gasteiger partial charge in [-0.05, 0) is 23.8 Å². The van der Waals surface area contributed by atoms with Crippen molar-refractivity contribution in [3.8, 4) is 0 Å². The van der Waals surface area contributed by atoms with Gasteiger partial charge in [-0.1, -0.05) is 42.5 Å². The lowest BCUT2D eigenvalue weighted by molar-refractivity contribution is -0.116. The summed E-state index contributed by atoms with van der Waals surface area (Å²) in [4.78, 5) is 25.8. The van der Waals surface area contributed by atoms with Crippen molar-refractivity contribution in [3.63, 3.8) is 0 Å². The number of hydrogen-bond acceptors (Lipinski definition) is 2. The largest absolute Gasteiger partial charge is 0.336 e. The van der Waals surface area contributed by atoms with Gasteiger partial charge in [0.25, 0.3) is 0 Å². The molecule has 2 N–H and O–H groups in total. The van der Waals surface area contributed by atoms with Crippen molar-refractivity contribution in [3.05, 3.63) is 72.8 Å². The van der Waals surface area contributed by atoms with E-state index < -0.39 is 0 Å². The lowest BCUT2D eigenvalue weighted by atomic mass is 9.95. The first-order valence-corrected chi connectivity index (χ1v) is 8.30. The second-order valence-corrected chi connectivity index (χ2v) is 5.94. The number of hydrogen-bond donors (Lipinski definition) is 2. The van der Waals surface area contributed by atoms with Crippen LogP contribution >= 0.6 is 0 Å². The first-order chi connectivity index (χ1) is 12.2. The topological polar surface area (TPSA) is 61.4 Å². The van der Waals surface area contributed by atoms with Gasteiger partial charge in [0.2, 0.25) is 5.91 Å². The summed E-state index contributed by atoms with van der Waals surface area (Å²) in [5.74, 6) is -0.120. The molecule has 0 spiro atoms. The van der Waals surface area contributed by atoms with Crippen molar-refractivity contribution < 1.29 is 9.59 Å². The van der Waals surface area contributed by atoms with Gasteiger partial charge in [0.15, 0.2) is 0 Å². The van der Waals surface area contributed by atoms with Gasteiger partial charge in [0, 0.05) is 36.8 Å². The normalized spacial score (nSPS) is 14.7. The van der Waals surface area contributed by atoms with Crippen LogP contribution in [0.2, 0.25) is 0 Å². The van der Waals surface area contributed by atoms with Crippen LogP contribution in [0, 0.1) is 0 Å². The Balaban J connectivity index is 1.66. The zero-order chi connectivity index (χ0) is 17.6. The van der Waals surface area contributed by atoms with Crippen molar-refractivity contribution in [1.29, 1.82) is 0 Å². The molecule has 2 aromatic rings. The maximum Gasteiger partial charge on any atom is 0.321 e. The van der Waals surface area contributed by atoms with E-state index in [0.717, 1.165) is 11.3 Å². The second-order valence-electron chi connectivity index (χ2n) is 5.94. The molecule has 1 aliphatic rings. The highest BCUT2D eigenvalue weighted by molar-refractivity contribution is 5.96. The lowest BCUT2D eigenvalue weighted by Crippen LogP contribution is -2.27. The molecule has 3 amide bonds. The van der Waals surface area contributed by atoms with Crippen LogP contribution in [0.1, 0.15) is 17.9 Å². The fourth-order valence-corrected chi connectivity index (χ4v) is 2.92. The number of carbonyl (C=O) groups excluding carboxylic acids is 2. The summed E-state index contributed by atoms with van der Waals surface area (Å²) in [6.45, 7) is 5.10. The molecule has 5 nitrogen and oxygen atoms in total. The molecule has 3 rings (SSSR count). The van der Waals surface area contributed by atoms with E-state index in [4.69, 9.17) is 0 Å². The van der Waals surface area contributed by atoms with Crippen LogP contribution in [-0.2, 0) is 4.79 Å². The molecule has 0 bridgehead atoms. The van der Waals surface area contributed by atoms with Crippen LogP contribution in [0.15, 0.2) is 67.3 Å². The lowest BCUT2D eigenvalue weighted by Gasteiger charge is -2.16. The summed E-state index contributed by atoms with van der Waals surface area (Å²) in [5.41, 5.74) is 2.52. The standard InChI is InChI=1S/C20H21N3O2/c1-2-15(16-7-4-3-5-8-16)13-19(24)22-17-9-6-10-18(14-17)23-12-11-21-20(23)25/h2-10,14-15H,1,11-13H2,(H,21,25)(H,22,24)/t15-/m1/s1. The predicted octanol–water partition coefficient (Wildman–Crippen LogP) is 3.51. The summed E-state index contributed by atoms with van der Waals surface area (Å²) in [6, 6.07) is 17.1. The van der Waals surface area contributed by atoms with Crippen LogP contribution in [-0.4, -0.2) is 25.0 Å². The van der Waals surface area contributed by atoms with E-state index in [9.17, 15) is 9.59 Å². The van der Waals surface area contributed by atoms with Gasteiger partial charge in [-0.3, -0.25) is 9.69 Å². The molecule has 25 heavy (non-hydrogen) atoms. The zero-order valence-electron chi connectivity index (χ0n) is 13.9. The molecule has 1 saturated heterocycles. The van der Waals surface area contributed by atoms with E-state index >= 15 is 0 Å². The van der Waals surface area contributed by atoms with E-state index in [-0.39, 0.29) is 17.9 Å². The van der Waals surface area contributed by atoms with E-state index in [2.05, 4.69) is 17.2 Å². The first-order valence-electron chi connectivity index (χ1n) is 8.30. The molecular formula is C20H21N3O2. The van der Waals surface area contributed by atoms with E-state index in [0.29, 0.717) is 25.2 Å². The summed E-state index contributed by atoms with van der Waals surface area (Å²) in [7, 11) is 0. The minimum Gasteiger partial charge on any atom is -0.336 e. The third-order valence-corrected chi connectivity index (χ3v) is 4.22. The maximum atomic E-state index is 12.4. The van der Waals surface area contributed by atoms with E-state index in [1.165, 1.54) is 0 Å². The van der Waals surface area contributed by atoms with Crippen LogP contribution in [0.25, 0.3) is 0 Å². The highest BCUT2D eigenvalue weighted by Gasteiger charge is 2.21. The molecule has 1 fully saturated rings. The van der Waals surface area contributed by atoms with Gasteiger partial charge in [-0.2, -0.15) is 0 Å². The highest BCUT2D eigenvalue weighted by Crippen LogP contribution is 2.24. The molecule has 1 heterocycles. The summed E-state index contributed by atoms with van der Waals surface area (Å²) < 4.78 is 0. The highest BCUT2D eigenvalue weighted by atomic mass is 16.2. The minimum absolute atomic E-state index is 0.0336. The summed E-state index contributed by atoms with van der Waals surface area (Å²) >= 11 is 0. The predicted molar refractivity (Wildman–Crippen MR) is 99.8 cm³/mol. The quantitative estimate of drug-likeness (QED) is 0.794. The van der Waals surface area contributed by atoms with Crippen LogP contribution in [0.5, 0.6) is 0 Å². The molecule has 0 aromatic heterocycles. The van der Waals surface area contributed by atoms with Crippen molar-refractivity contribution in [2.24, 2.45) is 0 Å². The first kappa shape index (κ1) is 16.8. The number of carbonyl (C=O) groups is 2. The van der Waals surface area contributed by atoms with Gasteiger partial charge in [0.05, 0.1) is 0 Å². The van der Waals surface area contributed by atoms with Crippen LogP contribution in [0.4, 0.5) is 16.2 Å². The SMILES string of the molecule is C=C[C@H](CC(=O)Nc1cccc(N2CCNC2=O)c1)c1ccccc1. The Morgan fingerprint density at radius 3 is 2.72 bits per heavy atom. The third-order valence-electron chi connectivity index (χ3n) is 4.22. The number of amides is 3. The molecule has 128 valence electrons. The number of anilines is 2. The van der Waals surface area contributed by atoms with Crippen molar-refractivity contribution >= 4 is 23.3 Å². The van der Waals surface area contributed by atoms with Gasteiger partial charge in [-0.25, -0.2) is 4.79 Å². The number of allylic oxidation sites excluding steroid dienone is 1. The molecule has 0 radical (unpaired) electrons. The molecule has 0 aliphatic carbocycles. The Bertz CT molecular complexity index is 774. The fraction of sp³-hybridized carbons (Fsp3) is 0.200. The average Bonchev–Trinajstić information content (AvgIpc) is 3.06. The Hall–Kier alpha value is -3.08. The molecule has 1 atom stereocenters. The van der Waals surface area contributed by atoms with Gasteiger partial charge < -0.3 is 10.6 Å². The van der Waals surface area contributed by atoms with Crippen molar-refractivity contribution in [2.75, 3.05) is 23.3 Å². The number of nitrogens with zero attached hydrogens (tertiary/aromatic N) is 1. The summed E-state index contributed by atoms with van der Waals surface area (Å²) in [6.07, 6.45) is 2.11. The second kappa shape index (κ2) is 7.66. The van der Waals surface area contributed by atoms with Crippen LogP contribution < -0.4 is 15.5 Å². The Kier molecular flexibility index (Phi) is 5.14. The molecule has 1 aliphatic heterocycles. The molecule has 2 aromatic carbocycles. The molecular weight excluding hydrogens is 314 g/mol. The smallest absolute Gasteiger partial charge is 0.321 e. The van der Waals surface area contributed by atoms with E-state index in [1.54, 1.807) is 11.0 Å².